The van der Waals surface area contributed by atoms with Crippen LogP contribution in [0, 0.1) is 5.92 Å². The SMILES string of the molecule is COc1ccc(C(=O)O)c(OCC2CCC2)c1. The molecular formula is C13H16O4. The number of methoxy groups -OCH3 is 1. The van der Waals surface area contributed by atoms with Gasteiger partial charge in [-0.1, -0.05) is 6.42 Å². The smallest absolute Gasteiger partial charge is 0.339 e. The number of carbonyl (C=O) groups is 1. The Labute approximate surface area is 100 Å². The van der Waals surface area contributed by atoms with Gasteiger partial charge >= 0.3 is 5.97 Å². The molecule has 4 nitrogen and oxygen atoms in total. The van der Waals surface area contributed by atoms with Gasteiger partial charge in [0, 0.05) is 6.07 Å². The molecule has 1 fully saturated rings. The molecule has 0 aromatic heterocycles. The predicted octanol–water partition coefficient (Wildman–Crippen LogP) is 2.57. The van der Waals surface area contributed by atoms with Gasteiger partial charge in [0.25, 0.3) is 0 Å². The Balaban J connectivity index is 2.12. The van der Waals surface area contributed by atoms with E-state index in [4.69, 9.17) is 14.6 Å². The number of hydrogen-bond donors (Lipinski definition) is 1. The molecule has 1 N–H and O–H groups in total. The summed E-state index contributed by atoms with van der Waals surface area (Å²) in [6.45, 7) is 0.591. The molecule has 0 amide bonds. The Morgan fingerprint density at radius 2 is 2.24 bits per heavy atom. The van der Waals surface area contributed by atoms with Crippen molar-refractivity contribution in [3.63, 3.8) is 0 Å². The largest absolute Gasteiger partial charge is 0.497 e. The van der Waals surface area contributed by atoms with Crippen molar-refractivity contribution in [3.05, 3.63) is 23.8 Å². The van der Waals surface area contributed by atoms with Crippen LogP contribution in [-0.4, -0.2) is 24.8 Å². The third-order valence-electron chi connectivity index (χ3n) is 3.12. The highest BCUT2D eigenvalue weighted by Gasteiger charge is 2.19. The molecule has 0 atom stereocenters. The maximum Gasteiger partial charge on any atom is 0.339 e. The van der Waals surface area contributed by atoms with Crippen molar-refractivity contribution in [3.8, 4) is 11.5 Å². The maximum absolute atomic E-state index is 11.0. The van der Waals surface area contributed by atoms with Gasteiger partial charge in [0.2, 0.25) is 0 Å². The minimum absolute atomic E-state index is 0.185. The van der Waals surface area contributed by atoms with E-state index >= 15 is 0 Å². The van der Waals surface area contributed by atoms with E-state index in [2.05, 4.69) is 0 Å². The lowest BCUT2D eigenvalue weighted by Crippen LogP contribution is -2.20. The average Bonchev–Trinajstić information content (AvgIpc) is 2.26. The first-order chi connectivity index (χ1) is 8.20. The monoisotopic (exact) mass is 236 g/mol. The molecule has 1 saturated carbocycles. The van der Waals surface area contributed by atoms with Crippen LogP contribution in [0.15, 0.2) is 18.2 Å². The summed E-state index contributed by atoms with van der Waals surface area (Å²) in [4.78, 5) is 11.0. The van der Waals surface area contributed by atoms with Gasteiger partial charge in [0.15, 0.2) is 0 Å². The van der Waals surface area contributed by atoms with Crippen LogP contribution in [-0.2, 0) is 0 Å². The van der Waals surface area contributed by atoms with Crippen molar-refractivity contribution >= 4 is 5.97 Å². The van der Waals surface area contributed by atoms with Gasteiger partial charge in [-0.15, -0.1) is 0 Å². The number of carboxylic acid groups (broad SMARTS) is 1. The fraction of sp³-hybridized carbons (Fsp3) is 0.462. The summed E-state index contributed by atoms with van der Waals surface area (Å²) in [5, 5.41) is 9.04. The van der Waals surface area contributed by atoms with Crippen LogP contribution in [0.1, 0.15) is 29.6 Å². The van der Waals surface area contributed by atoms with Crippen LogP contribution in [0.2, 0.25) is 0 Å². The second-order valence-electron chi connectivity index (χ2n) is 4.28. The zero-order valence-corrected chi connectivity index (χ0v) is 9.81. The number of benzene rings is 1. The summed E-state index contributed by atoms with van der Waals surface area (Å²) < 4.78 is 10.6. The van der Waals surface area contributed by atoms with Crippen LogP contribution in [0.3, 0.4) is 0 Å². The fourth-order valence-electron chi connectivity index (χ4n) is 1.79. The van der Waals surface area contributed by atoms with Crippen molar-refractivity contribution in [2.45, 2.75) is 19.3 Å². The third kappa shape index (κ3) is 2.70. The number of aromatic carboxylic acids is 1. The molecule has 1 aliphatic rings. The predicted molar refractivity (Wildman–Crippen MR) is 62.8 cm³/mol. The average molecular weight is 236 g/mol. The van der Waals surface area contributed by atoms with Gasteiger partial charge in [-0.2, -0.15) is 0 Å². The highest BCUT2D eigenvalue weighted by molar-refractivity contribution is 5.91. The van der Waals surface area contributed by atoms with Crippen molar-refractivity contribution in [1.82, 2.24) is 0 Å². The second-order valence-corrected chi connectivity index (χ2v) is 4.28. The minimum atomic E-state index is -0.976. The Morgan fingerprint density at radius 1 is 1.47 bits per heavy atom. The maximum atomic E-state index is 11.0. The lowest BCUT2D eigenvalue weighted by Gasteiger charge is -2.25. The van der Waals surface area contributed by atoms with Crippen molar-refractivity contribution in [2.24, 2.45) is 5.92 Å². The van der Waals surface area contributed by atoms with E-state index in [1.807, 2.05) is 0 Å². The highest BCUT2D eigenvalue weighted by Crippen LogP contribution is 2.29. The Hall–Kier alpha value is -1.71. The first kappa shape index (κ1) is 11.8. The molecular weight excluding hydrogens is 220 g/mol. The van der Waals surface area contributed by atoms with E-state index in [0.29, 0.717) is 24.0 Å². The molecule has 0 radical (unpaired) electrons. The normalized spacial score (nSPS) is 15.1. The lowest BCUT2D eigenvalue weighted by atomic mass is 9.86. The molecule has 0 aliphatic heterocycles. The lowest BCUT2D eigenvalue weighted by molar-refractivity contribution is 0.0689. The van der Waals surface area contributed by atoms with Gasteiger partial charge in [0.05, 0.1) is 13.7 Å². The molecule has 17 heavy (non-hydrogen) atoms. The van der Waals surface area contributed by atoms with E-state index in [-0.39, 0.29) is 5.56 Å². The van der Waals surface area contributed by atoms with Gasteiger partial charge in [-0.05, 0) is 30.9 Å². The van der Waals surface area contributed by atoms with Crippen molar-refractivity contribution in [1.29, 1.82) is 0 Å². The standard InChI is InChI=1S/C13H16O4/c1-16-10-5-6-11(13(14)15)12(7-10)17-8-9-3-2-4-9/h5-7,9H,2-4,8H2,1H3,(H,14,15). The summed E-state index contributed by atoms with van der Waals surface area (Å²) in [7, 11) is 1.55. The number of hydrogen-bond acceptors (Lipinski definition) is 3. The van der Waals surface area contributed by atoms with Crippen LogP contribution < -0.4 is 9.47 Å². The van der Waals surface area contributed by atoms with Gasteiger partial charge < -0.3 is 14.6 Å². The van der Waals surface area contributed by atoms with Crippen LogP contribution in [0.4, 0.5) is 0 Å². The van der Waals surface area contributed by atoms with E-state index < -0.39 is 5.97 Å². The zero-order chi connectivity index (χ0) is 12.3. The van der Waals surface area contributed by atoms with E-state index in [1.54, 1.807) is 19.2 Å². The Morgan fingerprint density at radius 3 is 2.76 bits per heavy atom. The molecule has 0 saturated heterocycles. The molecule has 1 aliphatic carbocycles. The van der Waals surface area contributed by atoms with Crippen molar-refractivity contribution < 1.29 is 19.4 Å². The van der Waals surface area contributed by atoms with Gasteiger partial charge in [-0.25, -0.2) is 4.79 Å². The van der Waals surface area contributed by atoms with Crippen LogP contribution in [0.25, 0.3) is 0 Å². The van der Waals surface area contributed by atoms with Crippen LogP contribution in [0.5, 0.6) is 11.5 Å². The molecule has 0 heterocycles. The Bertz CT molecular complexity index is 410. The minimum Gasteiger partial charge on any atom is -0.497 e. The van der Waals surface area contributed by atoms with E-state index in [1.165, 1.54) is 25.3 Å². The molecule has 1 aromatic rings. The summed E-state index contributed by atoms with van der Waals surface area (Å²) in [6.07, 6.45) is 3.59. The molecule has 4 heteroatoms. The number of rotatable bonds is 5. The van der Waals surface area contributed by atoms with E-state index in [9.17, 15) is 4.79 Å². The number of ether oxygens (including phenoxy) is 2. The molecule has 1 aromatic carbocycles. The van der Waals surface area contributed by atoms with Crippen molar-refractivity contribution in [2.75, 3.05) is 13.7 Å². The fourth-order valence-corrected chi connectivity index (χ4v) is 1.79. The van der Waals surface area contributed by atoms with Gasteiger partial charge in [-0.3, -0.25) is 0 Å². The quantitative estimate of drug-likeness (QED) is 0.853. The topological polar surface area (TPSA) is 55.8 Å². The summed E-state index contributed by atoms with van der Waals surface area (Å²) in [5.74, 6) is 0.599. The van der Waals surface area contributed by atoms with Gasteiger partial charge in [0.1, 0.15) is 17.1 Å². The molecule has 0 bridgehead atoms. The summed E-state index contributed by atoms with van der Waals surface area (Å²) in [5.41, 5.74) is 0.185. The second kappa shape index (κ2) is 5.08. The zero-order valence-electron chi connectivity index (χ0n) is 9.81. The molecule has 0 spiro atoms. The first-order valence-corrected chi connectivity index (χ1v) is 5.75. The Kier molecular flexibility index (Phi) is 3.52. The summed E-state index contributed by atoms with van der Waals surface area (Å²) >= 11 is 0. The van der Waals surface area contributed by atoms with E-state index in [0.717, 1.165) is 0 Å². The van der Waals surface area contributed by atoms with Crippen LogP contribution >= 0.6 is 0 Å². The summed E-state index contributed by atoms with van der Waals surface area (Å²) in [6, 6.07) is 4.76. The molecule has 0 unspecified atom stereocenters. The molecule has 2 rings (SSSR count). The third-order valence-corrected chi connectivity index (χ3v) is 3.12. The first-order valence-electron chi connectivity index (χ1n) is 5.75. The highest BCUT2D eigenvalue weighted by atomic mass is 16.5. The number of carboxylic acids is 1. The molecule has 92 valence electrons.